The molecule has 0 aromatic carbocycles. The van der Waals surface area contributed by atoms with E-state index in [2.05, 4.69) is 13.8 Å². The Morgan fingerprint density at radius 2 is 0.640 bits per heavy atom. The van der Waals surface area contributed by atoms with Gasteiger partial charge in [-0.25, -0.2) is 4.39 Å². The van der Waals surface area contributed by atoms with Crippen LogP contribution in [0.1, 0.15) is 149 Å². The average molecular weight is 357 g/mol. The van der Waals surface area contributed by atoms with Crippen LogP contribution in [0, 0.1) is 0 Å². The van der Waals surface area contributed by atoms with E-state index in [1.54, 1.807) is 0 Å². The van der Waals surface area contributed by atoms with E-state index in [1.807, 2.05) is 0 Å². The molecule has 0 saturated carbocycles. The fraction of sp³-hybridized carbons (Fsp3) is 1.00. The van der Waals surface area contributed by atoms with Gasteiger partial charge in [0, 0.05) is 0 Å². The van der Waals surface area contributed by atoms with Gasteiger partial charge in [0.2, 0.25) is 0 Å². The van der Waals surface area contributed by atoms with Gasteiger partial charge in [-0.15, -0.1) is 0 Å². The van der Waals surface area contributed by atoms with E-state index in [4.69, 9.17) is 0 Å². The molecule has 0 N–H and O–H groups in total. The molecule has 1 atom stereocenters. The lowest BCUT2D eigenvalue weighted by atomic mass is 10.0. The Morgan fingerprint density at radius 3 is 0.920 bits per heavy atom. The largest absolute Gasteiger partial charge is 0.247 e. The smallest absolute Gasteiger partial charge is 0.100 e. The summed E-state index contributed by atoms with van der Waals surface area (Å²) in [4.78, 5) is 0. The molecule has 0 fully saturated rings. The van der Waals surface area contributed by atoms with Crippen LogP contribution in [0.4, 0.5) is 4.39 Å². The minimum atomic E-state index is -0.529. The van der Waals surface area contributed by atoms with Gasteiger partial charge in [0.25, 0.3) is 0 Å². The van der Waals surface area contributed by atoms with E-state index >= 15 is 0 Å². The molecule has 0 radical (unpaired) electrons. The zero-order chi connectivity index (χ0) is 18.4. The highest BCUT2D eigenvalue weighted by molar-refractivity contribution is 4.58. The van der Waals surface area contributed by atoms with Crippen LogP contribution >= 0.6 is 0 Å². The topological polar surface area (TPSA) is 0 Å². The second kappa shape index (κ2) is 22.0. The lowest BCUT2D eigenvalue weighted by molar-refractivity contribution is 0.279. The van der Waals surface area contributed by atoms with Crippen molar-refractivity contribution in [3.05, 3.63) is 0 Å². The summed E-state index contributed by atoms with van der Waals surface area (Å²) in [5.41, 5.74) is 0. The Hall–Kier alpha value is -0.0700. The van der Waals surface area contributed by atoms with Crippen molar-refractivity contribution < 1.29 is 4.39 Å². The van der Waals surface area contributed by atoms with Gasteiger partial charge in [0.15, 0.2) is 0 Å². The first-order valence-corrected chi connectivity index (χ1v) is 11.9. The Balaban J connectivity index is 3.08. The fourth-order valence-corrected chi connectivity index (χ4v) is 3.67. The van der Waals surface area contributed by atoms with Gasteiger partial charge in [0.1, 0.15) is 6.17 Å². The average Bonchev–Trinajstić information content (AvgIpc) is 2.62. The highest BCUT2D eigenvalue weighted by Crippen LogP contribution is 2.17. The third-order valence-electron chi connectivity index (χ3n) is 5.49. The summed E-state index contributed by atoms with van der Waals surface area (Å²) >= 11 is 0. The molecule has 0 aromatic rings. The number of hydrogen-bond acceptors (Lipinski definition) is 0. The van der Waals surface area contributed by atoms with Gasteiger partial charge in [-0.3, -0.25) is 0 Å². The van der Waals surface area contributed by atoms with Crippen molar-refractivity contribution >= 4 is 0 Å². The summed E-state index contributed by atoms with van der Waals surface area (Å²) in [5, 5.41) is 0. The predicted molar refractivity (Wildman–Crippen MR) is 113 cm³/mol. The predicted octanol–water partition coefficient (Wildman–Crippen LogP) is 9.56. The highest BCUT2D eigenvalue weighted by atomic mass is 19.1. The molecule has 1 heteroatoms. The van der Waals surface area contributed by atoms with E-state index in [0.717, 1.165) is 25.7 Å². The van der Waals surface area contributed by atoms with E-state index in [9.17, 15) is 4.39 Å². The summed E-state index contributed by atoms with van der Waals surface area (Å²) in [6.07, 6.45) is 26.6. The van der Waals surface area contributed by atoms with Crippen LogP contribution in [0.25, 0.3) is 0 Å². The lowest BCUT2D eigenvalue weighted by Gasteiger charge is -2.08. The first kappa shape index (κ1) is 24.9. The first-order valence-electron chi connectivity index (χ1n) is 11.9. The van der Waals surface area contributed by atoms with Gasteiger partial charge in [-0.2, -0.15) is 0 Å². The number of alkyl halides is 1. The number of rotatable bonds is 21. The maximum Gasteiger partial charge on any atom is 0.100 e. The summed E-state index contributed by atoms with van der Waals surface area (Å²) in [7, 11) is 0. The van der Waals surface area contributed by atoms with Gasteiger partial charge < -0.3 is 0 Å². The van der Waals surface area contributed by atoms with Crippen LogP contribution in [0.3, 0.4) is 0 Å². The molecular formula is C24H49F. The molecular weight excluding hydrogens is 307 g/mol. The van der Waals surface area contributed by atoms with Gasteiger partial charge in [-0.05, 0) is 12.8 Å². The normalized spacial score (nSPS) is 12.6. The molecule has 152 valence electrons. The molecule has 0 spiro atoms. The summed E-state index contributed by atoms with van der Waals surface area (Å²) in [5.74, 6) is 0. The molecule has 1 unspecified atom stereocenters. The third-order valence-corrected chi connectivity index (χ3v) is 5.49. The maximum absolute atomic E-state index is 13.8. The van der Waals surface area contributed by atoms with Crippen LogP contribution in [-0.2, 0) is 0 Å². The molecule has 25 heavy (non-hydrogen) atoms. The summed E-state index contributed by atoms with van der Waals surface area (Å²) in [6, 6.07) is 0. The Kier molecular flexibility index (Phi) is 21.9. The summed E-state index contributed by atoms with van der Waals surface area (Å²) in [6.45, 7) is 4.51. The van der Waals surface area contributed by atoms with Crippen LogP contribution in [0.5, 0.6) is 0 Å². The Morgan fingerprint density at radius 1 is 0.400 bits per heavy atom. The standard InChI is InChI=1S/C24H49F/c1-3-5-7-9-10-11-12-13-14-15-16-17-19-21-23-24(25)22-20-18-8-6-4-2/h24H,3-23H2,1-2H3. The van der Waals surface area contributed by atoms with Crippen molar-refractivity contribution in [3.8, 4) is 0 Å². The summed E-state index contributed by atoms with van der Waals surface area (Å²) < 4.78 is 13.8. The fourth-order valence-electron chi connectivity index (χ4n) is 3.67. The second-order valence-electron chi connectivity index (χ2n) is 8.19. The van der Waals surface area contributed by atoms with Crippen LogP contribution in [0.15, 0.2) is 0 Å². The zero-order valence-corrected chi connectivity index (χ0v) is 17.8. The van der Waals surface area contributed by atoms with Crippen molar-refractivity contribution in [2.24, 2.45) is 0 Å². The van der Waals surface area contributed by atoms with Crippen molar-refractivity contribution in [2.45, 2.75) is 155 Å². The molecule has 0 nitrogen and oxygen atoms in total. The van der Waals surface area contributed by atoms with Crippen molar-refractivity contribution in [1.29, 1.82) is 0 Å². The molecule has 0 aliphatic heterocycles. The van der Waals surface area contributed by atoms with Gasteiger partial charge in [0.05, 0.1) is 0 Å². The quantitative estimate of drug-likeness (QED) is 0.180. The monoisotopic (exact) mass is 356 g/mol. The van der Waals surface area contributed by atoms with Crippen molar-refractivity contribution in [2.75, 3.05) is 0 Å². The second-order valence-corrected chi connectivity index (χ2v) is 8.19. The number of halogens is 1. The molecule has 0 aromatic heterocycles. The molecule has 0 aliphatic carbocycles. The number of unbranched alkanes of at least 4 members (excludes halogenated alkanes) is 17. The van der Waals surface area contributed by atoms with Crippen molar-refractivity contribution in [1.82, 2.24) is 0 Å². The van der Waals surface area contributed by atoms with Crippen molar-refractivity contribution in [3.63, 3.8) is 0 Å². The van der Waals surface area contributed by atoms with E-state index in [-0.39, 0.29) is 0 Å². The van der Waals surface area contributed by atoms with Crippen LogP contribution < -0.4 is 0 Å². The minimum absolute atomic E-state index is 0.529. The van der Waals surface area contributed by atoms with E-state index in [0.29, 0.717) is 0 Å². The Bertz CT molecular complexity index is 226. The highest BCUT2D eigenvalue weighted by Gasteiger charge is 2.05. The third kappa shape index (κ3) is 21.9. The molecule has 0 amide bonds. The van der Waals surface area contributed by atoms with Gasteiger partial charge >= 0.3 is 0 Å². The number of hydrogen-bond donors (Lipinski definition) is 0. The minimum Gasteiger partial charge on any atom is -0.247 e. The zero-order valence-electron chi connectivity index (χ0n) is 17.8. The molecule has 0 aliphatic rings. The first-order chi connectivity index (χ1) is 12.3. The van der Waals surface area contributed by atoms with E-state index < -0.39 is 6.17 Å². The lowest BCUT2D eigenvalue weighted by Crippen LogP contribution is -1.99. The Labute approximate surface area is 159 Å². The van der Waals surface area contributed by atoms with E-state index in [1.165, 1.54) is 109 Å². The SMILES string of the molecule is CCCCCCCCCCCCCCCCC(F)CCCCCCC. The molecule has 0 heterocycles. The molecule has 0 rings (SSSR count). The maximum atomic E-state index is 13.8. The molecule has 0 saturated heterocycles. The van der Waals surface area contributed by atoms with Crippen LogP contribution in [0.2, 0.25) is 0 Å². The van der Waals surface area contributed by atoms with Gasteiger partial charge in [-0.1, -0.05) is 136 Å². The molecule has 0 bridgehead atoms. The van der Waals surface area contributed by atoms with Crippen LogP contribution in [-0.4, -0.2) is 6.17 Å².